The number of carbonyl (C=O) groups excluding carboxylic acids is 2. The highest BCUT2D eigenvalue weighted by Crippen LogP contribution is 2.16. The van der Waals surface area contributed by atoms with Crippen molar-refractivity contribution < 1.29 is 23.1 Å². The highest BCUT2D eigenvalue weighted by Gasteiger charge is 2.09. The maximum Gasteiger partial charge on any atom is 0.262 e. The summed E-state index contributed by atoms with van der Waals surface area (Å²) in [5.41, 5.74) is 5.24. The number of nitriles is 1. The van der Waals surface area contributed by atoms with Gasteiger partial charge in [0.25, 0.3) is 11.8 Å². The number of amides is 2. The summed E-state index contributed by atoms with van der Waals surface area (Å²) in [4.78, 5) is 22.7. The lowest BCUT2D eigenvalue weighted by Gasteiger charge is -2.08. The molecule has 6 nitrogen and oxygen atoms in total. The molecule has 26 heavy (non-hydrogen) atoms. The van der Waals surface area contributed by atoms with Gasteiger partial charge in [-0.2, -0.15) is 5.26 Å². The molecular formula is C18H13F2N3O3. The molecule has 0 radical (unpaired) electrons. The van der Waals surface area contributed by atoms with Gasteiger partial charge in [-0.1, -0.05) is 12.1 Å². The van der Waals surface area contributed by atoms with Gasteiger partial charge >= 0.3 is 0 Å². The molecule has 0 unspecified atom stereocenters. The molecule has 2 rings (SSSR count). The summed E-state index contributed by atoms with van der Waals surface area (Å²) >= 11 is 0. The molecule has 0 bridgehead atoms. The number of benzene rings is 2. The van der Waals surface area contributed by atoms with Gasteiger partial charge in [0.1, 0.15) is 29.0 Å². The molecule has 2 aromatic rings. The van der Waals surface area contributed by atoms with Crippen molar-refractivity contribution >= 4 is 23.6 Å². The van der Waals surface area contributed by atoms with E-state index in [2.05, 4.69) is 5.32 Å². The number of nitrogens with zero attached hydrogens (tertiary/aromatic N) is 1. The molecule has 2 aromatic carbocycles. The second-order valence-corrected chi connectivity index (χ2v) is 5.06. The van der Waals surface area contributed by atoms with Gasteiger partial charge in [-0.3, -0.25) is 9.59 Å². The normalized spacial score (nSPS) is 10.7. The van der Waals surface area contributed by atoms with Crippen molar-refractivity contribution in [2.45, 2.75) is 0 Å². The Hall–Kier alpha value is -3.73. The number of hydrogen-bond acceptors (Lipinski definition) is 4. The highest BCUT2D eigenvalue weighted by molar-refractivity contribution is 6.00. The number of rotatable bonds is 6. The Bertz CT molecular complexity index is 903. The Balaban J connectivity index is 1.94. The number of carbonyl (C=O) groups is 2. The van der Waals surface area contributed by atoms with E-state index in [0.717, 1.165) is 12.1 Å². The second-order valence-electron chi connectivity index (χ2n) is 5.06. The number of halogens is 2. The molecular weight excluding hydrogens is 344 g/mol. The molecule has 0 spiro atoms. The minimum atomic E-state index is -0.891. The molecule has 2 amide bonds. The van der Waals surface area contributed by atoms with Crippen molar-refractivity contribution in [1.82, 2.24) is 0 Å². The minimum absolute atomic E-state index is 0.157. The molecule has 3 N–H and O–H groups in total. The van der Waals surface area contributed by atoms with Gasteiger partial charge in [-0.25, -0.2) is 8.78 Å². The van der Waals surface area contributed by atoms with Crippen LogP contribution >= 0.6 is 0 Å². The predicted octanol–water partition coefficient (Wildman–Crippen LogP) is 2.37. The average Bonchev–Trinajstić information content (AvgIpc) is 2.61. The van der Waals surface area contributed by atoms with Crippen molar-refractivity contribution in [3.63, 3.8) is 0 Å². The number of primary amides is 1. The van der Waals surface area contributed by atoms with Crippen molar-refractivity contribution in [3.05, 3.63) is 65.2 Å². The lowest BCUT2D eigenvalue weighted by Crippen LogP contribution is -2.20. The zero-order valence-electron chi connectivity index (χ0n) is 13.3. The van der Waals surface area contributed by atoms with Crippen LogP contribution in [0.3, 0.4) is 0 Å². The average molecular weight is 357 g/mol. The monoisotopic (exact) mass is 357 g/mol. The summed E-state index contributed by atoms with van der Waals surface area (Å²) in [6.07, 6.45) is 1.32. The first-order valence-corrected chi connectivity index (χ1v) is 7.28. The van der Waals surface area contributed by atoms with Crippen LogP contribution in [0.15, 0.2) is 48.0 Å². The van der Waals surface area contributed by atoms with Gasteiger partial charge in [0.2, 0.25) is 0 Å². The smallest absolute Gasteiger partial charge is 0.262 e. The van der Waals surface area contributed by atoms with Crippen LogP contribution < -0.4 is 15.8 Å². The second kappa shape index (κ2) is 8.39. The molecule has 0 saturated heterocycles. The maximum atomic E-state index is 13.5. The third kappa shape index (κ3) is 5.14. The summed E-state index contributed by atoms with van der Waals surface area (Å²) in [6, 6.07) is 10.6. The van der Waals surface area contributed by atoms with E-state index in [1.54, 1.807) is 18.2 Å². The largest absolute Gasteiger partial charge is 0.484 e. The quantitative estimate of drug-likeness (QED) is 0.611. The fraction of sp³-hybridized carbons (Fsp3) is 0.0556. The highest BCUT2D eigenvalue weighted by atomic mass is 19.1. The zero-order chi connectivity index (χ0) is 19.1. The Morgan fingerprint density at radius 3 is 2.46 bits per heavy atom. The summed E-state index contributed by atoms with van der Waals surface area (Å²) in [5, 5.41) is 11.0. The van der Waals surface area contributed by atoms with Gasteiger partial charge in [-0.05, 0) is 35.9 Å². The molecule has 8 heteroatoms. The van der Waals surface area contributed by atoms with E-state index in [1.165, 1.54) is 18.2 Å². The van der Waals surface area contributed by atoms with E-state index < -0.39 is 30.1 Å². The Labute approximate surface area is 147 Å². The first kappa shape index (κ1) is 18.6. The maximum absolute atomic E-state index is 13.5. The molecule has 0 aliphatic heterocycles. The topological polar surface area (TPSA) is 105 Å². The molecule has 0 heterocycles. The zero-order valence-corrected chi connectivity index (χ0v) is 13.3. The lowest BCUT2D eigenvalue weighted by atomic mass is 10.1. The number of anilines is 1. The first-order valence-electron chi connectivity index (χ1n) is 7.28. The number of nitrogens with one attached hydrogen (secondary N) is 1. The molecule has 0 aromatic heterocycles. The van der Waals surface area contributed by atoms with Crippen LogP contribution in [0.5, 0.6) is 5.75 Å². The van der Waals surface area contributed by atoms with Crippen LogP contribution in [0.4, 0.5) is 14.5 Å². The summed E-state index contributed by atoms with van der Waals surface area (Å²) < 4.78 is 31.5. The van der Waals surface area contributed by atoms with E-state index in [4.69, 9.17) is 15.7 Å². The number of nitrogens with two attached hydrogens (primary N) is 1. The van der Waals surface area contributed by atoms with Crippen LogP contribution in [0, 0.1) is 23.0 Å². The van der Waals surface area contributed by atoms with Crippen LogP contribution in [0.2, 0.25) is 0 Å². The number of hydrogen-bond donors (Lipinski definition) is 2. The Kier molecular flexibility index (Phi) is 6.01. The van der Waals surface area contributed by atoms with Crippen LogP contribution in [-0.2, 0) is 9.59 Å². The fourth-order valence-electron chi connectivity index (χ4n) is 1.91. The molecule has 132 valence electrons. The fourth-order valence-corrected chi connectivity index (χ4v) is 1.91. The molecule has 0 atom stereocenters. The van der Waals surface area contributed by atoms with E-state index in [0.29, 0.717) is 17.4 Å². The Morgan fingerprint density at radius 1 is 1.19 bits per heavy atom. The lowest BCUT2D eigenvalue weighted by molar-refractivity contribution is -0.118. The van der Waals surface area contributed by atoms with Crippen molar-refractivity contribution in [2.75, 3.05) is 11.9 Å². The van der Waals surface area contributed by atoms with Gasteiger partial charge in [0, 0.05) is 6.07 Å². The van der Waals surface area contributed by atoms with E-state index in [1.807, 2.05) is 0 Å². The van der Waals surface area contributed by atoms with E-state index >= 15 is 0 Å². The third-order valence-corrected chi connectivity index (χ3v) is 3.15. The SMILES string of the molecule is N#CC(=Cc1ccc(OCC(=O)Nc2ccc(F)cc2F)cc1)C(N)=O. The molecule has 0 saturated carbocycles. The van der Waals surface area contributed by atoms with Crippen molar-refractivity contribution in [3.8, 4) is 11.8 Å². The van der Waals surface area contributed by atoms with Crippen molar-refractivity contribution in [1.29, 1.82) is 5.26 Å². The summed E-state index contributed by atoms with van der Waals surface area (Å²) in [6.45, 7) is -0.392. The van der Waals surface area contributed by atoms with Crippen LogP contribution in [0.25, 0.3) is 6.08 Å². The Morgan fingerprint density at radius 2 is 1.88 bits per heavy atom. The van der Waals surface area contributed by atoms with Crippen LogP contribution in [0.1, 0.15) is 5.56 Å². The molecule has 0 fully saturated rings. The predicted molar refractivity (Wildman–Crippen MR) is 89.7 cm³/mol. The van der Waals surface area contributed by atoms with E-state index in [9.17, 15) is 18.4 Å². The molecule has 0 aliphatic rings. The number of ether oxygens (including phenoxy) is 1. The standard InChI is InChI=1S/C18H13F2N3O3/c19-13-3-6-16(15(20)8-13)23-17(24)10-26-14-4-1-11(2-5-14)7-12(9-21)18(22)25/h1-8H,10H2,(H2,22,25)(H,23,24). The van der Waals surface area contributed by atoms with Gasteiger partial charge in [-0.15, -0.1) is 0 Å². The van der Waals surface area contributed by atoms with Gasteiger partial charge in [0.15, 0.2) is 6.61 Å². The molecule has 0 aliphatic carbocycles. The van der Waals surface area contributed by atoms with Crippen molar-refractivity contribution in [2.24, 2.45) is 5.73 Å². The third-order valence-electron chi connectivity index (χ3n) is 3.15. The minimum Gasteiger partial charge on any atom is -0.484 e. The van der Waals surface area contributed by atoms with E-state index in [-0.39, 0.29) is 11.3 Å². The van der Waals surface area contributed by atoms with Gasteiger partial charge < -0.3 is 15.8 Å². The van der Waals surface area contributed by atoms with Crippen LogP contribution in [-0.4, -0.2) is 18.4 Å². The van der Waals surface area contributed by atoms with Gasteiger partial charge in [0.05, 0.1) is 5.69 Å². The first-order chi connectivity index (χ1) is 12.4. The summed E-state index contributed by atoms with van der Waals surface area (Å²) in [5.74, 6) is -2.76. The summed E-state index contributed by atoms with van der Waals surface area (Å²) in [7, 11) is 0.